The van der Waals surface area contributed by atoms with Gasteiger partial charge < -0.3 is 15.4 Å². The summed E-state index contributed by atoms with van der Waals surface area (Å²) in [6.07, 6.45) is 1.04. The number of halogens is 1. The Morgan fingerprint density at radius 2 is 1.84 bits per heavy atom. The third-order valence-corrected chi connectivity index (χ3v) is 5.57. The molecule has 2 N–H and O–H groups in total. The van der Waals surface area contributed by atoms with Crippen LogP contribution >= 0.6 is 24.0 Å². The number of ether oxygens (including phenoxy) is 1. The van der Waals surface area contributed by atoms with Crippen molar-refractivity contribution in [1.29, 1.82) is 0 Å². The molecular formula is C24H30IN5O. The maximum absolute atomic E-state index is 6.00. The molecule has 7 heteroatoms. The Morgan fingerprint density at radius 1 is 1.10 bits per heavy atom. The van der Waals surface area contributed by atoms with Crippen molar-refractivity contribution in [1.82, 2.24) is 20.4 Å². The second-order valence-corrected chi connectivity index (χ2v) is 7.65. The minimum Gasteiger partial charge on any atom is -0.488 e. The van der Waals surface area contributed by atoms with Gasteiger partial charge in [0.05, 0.1) is 18.8 Å². The van der Waals surface area contributed by atoms with E-state index in [4.69, 9.17) is 9.84 Å². The summed E-state index contributed by atoms with van der Waals surface area (Å²) in [5, 5.41) is 11.5. The molecule has 2 heterocycles. The number of hydrogen-bond donors (Lipinski definition) is 2. The molecule has 1 aliphatic rings. The molecule has 1 aliphatic heterocycles. The van der Waals surface area contributed by atoms with Gasteiger partial charge in [-0.2, -0.15) is 5.10 Å². The van der Waals surface area contributed by atoms with E-state index in [2.05, 4.69) is 70.6 Å². The zero-order chi connectivity index (χ0) is 20.9. The second kappa shape index (κ2) is 10.7. The summed E-state index contributed by atoms with van der Waals surface area (Å²) < 4.78 is 8.08. The quantitative estimate of drug-likeness (QED) is 0.289. The number of aromatic nitrogens is 2. The smallest absolute Gasteiger partial charge is 0.191 e. The first-order valence-corrected chi connectivity index (χ1v) is 10.4. The molecule has 0 fully saturated rings. The van der Waals surface area contributed by atoms with Gasteiger partial charge in [-0.1, -0.05) is 48.5 Å². The van der Waals surface area contributed by atoms with E-state index < -0.39 is 0 Å². The van der Waals surface area contributed by atoms with E-state index in [0.29, 0.717) is 13.1 Å². The first kappa shape index (κ1) is 23.1. The van der Waals surface area contributed by atoms with Crippen LogP contribution in [0.2, 0.25) is 0 Å². The summed E-state index contributed by atoms with van der Waals surface area (Å²) in [7, 11) is 1.79. The van der Waals surface area contributed by atoms with Gasteiger partial charge in [0.25, 0.3) is 0 Å². The molecular weight excluding hydrogens is 501 g/mol. The Bertz CT molecular complexity index is 1010. The number of fused-ring (bicyclic) bond motifs is 1. The molecule has 3 aromatic rings. The average molecular weight is 531 g/mol. The molecule has 0 spiro atoms. The van der Waals surface area contributed by atoms with Gasteiger partial charge >= 0.3 is 0 Å². The molecule has 31 heavy (non-hydrogen) atoms. The molecule has 1 aromatic heterocycles. The molecule has 0 radical (unpaired) electrons. The number of guanidine groups is 1. The Kier molecular flexibility index (Phi) is 7.95. The fraction of sp³-hybridized carbons (Fsp3) is 0.333. The van der Waals surface area contributed by atoms with Gasteiger partial charge in [0.15, 0.2) is 5.96 Å². The van der Waals surface area contributed by atoms with E-state index in [9.17, 15) is 0 Å². The third kappa shape index (κ3) is 5.58. The molecule has 2 aromatic carbocycles. The van der Waals surface area contributed by atoms with Crippen LogP contribution in [0, 0.1) is 13.8 Å². The van der Waals surface area contributed by atoms with Crippen LogP contribution in [0.4, 0.5) is 0 Å². The summed E-state index contributed by atoms with van der Waals surface area (Å²) in [6, 6.07) is 18.6. The van der Waals surface area contributed by atoms with E-state index in [0.717, 1.165) is 30.4 Å². The summed E-state index contributed by atoms with van der Waals surface area (Å²) in [5.41, 5.74) is 5.94. The molecule has 0 saturated heterocycles. The molecule has 6 nitrogen and oxygen atoms in total. The minimum absolute atomic E-state index is 0. The molecule has 0 amide bonds. The molecule has 1 unspecified atom stereocenters. The Hall–Kier alpha value is -2.55. The summed E-state index contributed by atoms with van der Waals surface area (Å²) >= 11 is 0. The molecule has 0 bridgehead atoms. The van der Waals surface area contributed by atoms with Crippen LogP contribution in [0.3, 0.4) is 0 Å². The van der Waals surface area contributed by atoms with Gasteiger partial charge in [0, 0.05) is 31.3 Å². The summed E-state index contributed by atoms with van der Waals surface area (Å²) in [6.45, 7) is 6.35. The lowest BCUT2D eigenvalue weighted by Gasteiger charge is -2.16. The zero-order valence-electron chi connectivity index (χ0n) is 18.3. The summed E-state index contributed by atoms with van der Waals surface area (Å²) in [5.74, 6) is 1.76. The topological polar surface area (TPSA) is 63.5 Å². The second-order valence-electron chi connectivity index (χ2n) is 7.65. The number of nitrogens with one attached hydrogen (secondary N) is 2. The van der Waals surface area contributed by atoms with Crippen molar-refractivity contribution in [2.75, 3.05) is 13.6 Å². The van der Waals surface area contributed by atoms with Gasteiger partial charge in [-0.25, -0.2) is 0 Å². The van der Waals surface area contributed by atoms with Crippen molar-refractivity contribution in [3.8, 4) is 5.75 Å². The van der Waals surface area contributed by atoms with Gasteiger partial charge in [-0.05, 0) is 31.0 Å². The van der Waals surface area contributed by atoms with Gasteiger partial charge in [-0.15, -0.1) is 24.0 Å². The lowest BCUT2D eigenvalue weighted by molar-refractivity contribution is 0.235. The molecule has 0 saturated carbocycles. The molecule has 164 valence electrons. The first-order chi connectivity index (χ1) is 14.6. The fourth-order valence-electron chi connectivity index (χ4n) is 3.87. The highest BCUT2D eigenvalue weighted by Gasteiger charge is 2.22. The van der Waals surface area contributed by atoms with Crippen molar-refractivity contribution in [3.63, 3.8) is 0 Å². The maximum atomic E-state index is 6.00. The number of aliphatic imine (C=N–C) groups is 1. The fourth-order valence-corrected chi connectivity index (χ4v) is 3.87. The standard InChI is InChI=1S/C24H29N5O.HI/c1-17-22(18(2)29(28-17)16-19-9-5-4-6-10-19)15-27-24(25-3)26-14-21-13-20-11-7-8-12-23(20)30-21;/h4-12,21H,13-16H2,1-3H3,(H2,25,26,27);1H. The van der Waals surface area contributed by atoms with Crippen molar-refractivity contribution in [2.24, 2.45) is 4.99 Å². The van der Waals surface area contributed by atoms with Crippen molar-refractivity contribution in [3.05, 3.63) is 82.7 Å². The van der Waals surface area contributed by atoms with Crippen LogP contribution < -0.4 is 15.4 Å². The minimum atomic E-state index is 0. The largest absolute Gasteiger partial charge is 0.488 e. The number of para-hydroxylation sites is 1. The number of hydrogen-bond acceptors (Lipinski definition) is 3. The van der Waals surface area contributed by atoms with Crippen molar-refractivity contribution in [2.45, 2.75) is 39.5 Å². The lowest BCUT2D eigenvalue weighted by atomic mass is 10.1. The van der Waals surface area contributed by atoms with E-state index in [-0.39, 0.29) is 30.1 Å². The Balaban J connectivity index is 0.00000272. The van der Waals surface area contributed by atoms with Crippen molar-refractivity contribution < 1.29 is 4.74 Å². The van der Waals surface area contributed by atoms with Crippen LogP contribution in [-0.2, 0) is 19.5 Å². The number of aryl methyl sites for hydroxylation is 1. The van der Waals surface area contributed by atoms with E-state index in [1.54, 1.807) is 7.05 Å². The van der Waals surface area contributed by atoms with Gasteiger partial charge in [0.1, 0.15) is 11.9 Å². The number of nitrogens with zero attached hydrogens (tertiary/aromatic N) is 3. The molecule has 4 rings (SSSR count). The number of benzene rings is 2. The highest BCUT2D eigenvalue weighted by atomic mass is 127. The van der Waals surface area contributed by atoms with E-state index in [1.807, 2.05) is 18.2 Å². The summed E-state index contributed by atoms with van der Waals surface area (Å²) in [4.78, 5) is 4.36. The lowest BCUT2D eigenvalue weighted by Crippen LogP contribution is -2.42. The number of rotatable bonds is 6. The molecule has 1 atom stereocenters. The molecule has 0 aliphatic carbocycles. The normalized spacial score (nSPS) is 15.1. The predicted octanol–water partition coefficient (Wildman–Crippen LogP) is 3.83. The van der Waals surface area contributed by atoms with Crippen LogP contribution in [0.25, 0.3) is 0 Å². The van der Waals surface area contributed by atoms with Crippen LogP contribution in [0.1, 0.15) is 28.1 Å². The Labute approximate surface area is 201 Å². The van der Waals surface area contributed by atoms with Crippen molar-refractivity contribution >= 4 is 29.9 Å². The van der Waals surface area contributed by atoms with E-state index >= 15 is 0 Å². The monoisotopic (exact) mass is 531 g/mol. The predicted molar refractivity (Wildman–Crippen MR) is 135 cm³/mol. The third-order valence-electron chi connectivity index (χ3n) is 5.57. The van der Waals surface area contributed by atoms with Gasteiger partial charge in [-0.3, -0.25) is 9.67 Å². The average Bonchev–Trinajstić information content (AvgIpc) is 3.29. The van der Waals surface area contributed by atoms with Crippen LogP contribution in [0.5, 0.6) is 5.75 Å². The Morgan fingerprint density at radius 3 is 2.58 bits per heavy atom. The highest BCUT2D eigenvalue weighted by Crippen LogP contribution is 2.27. The van der Waals surface area contributed by atoms with E-state index in [1.165, 1.54) is 22.4 Å². The first-order valence-electron chi connectivity index (χ1n) is 10.4. The van der Waals surface area contributed by atoms with Crippen LogP contribution in [0.15, 0.2) is 59.6 Å². The van der Waals surface area contributed by atoms with Gasteiger partial charge in [0.2, 0.25) is 0 Å². The zero-order valence-corrected chi connectivity index (χ0v) is 20.6. The maximum Gasteiger partial charge on any atom is 0.191 e. The SMILES string of the molecule is CN=C(NCc1c(C)nn(Cc2ccccc2)c1C)NCC1Cc2ccccc2O1.I. The van der Waals surface area contributed by atoms with Crippen LogP contribution in [-0.4, -0.2) is 35.4 Å². The highest BCUT2D eigenvalue weighted by molar-refractivity contribution is 14.0.